The Morgan fingerprint density at radius 2 is 2.04 bits per heavy atom. The van der Waals surface area contributed by atoms with Crippen molar-refractivity contribution in [2.75, 3.05) is 0 Å². The number of nitrogens with zero attached hydrogens (tertiary/aromatic N) is 2. The number of nitrogens with two attached hydrogens (primary N) is 1. The predicted molar refractivity (Wildman–Crippen MR) is 95.0 cm³/mol. The molecule has 6 heteroatoms. The fourth-order valence-electron chi connectivity index (χ4n) is 4.32. The highest BCUT2D eigenvalue weighted by Crippen LogP contribution is 2.47. The Hall–Kier alpha value is -1.85. The van der Waals surface area contributed by atoms with Crippen LogP contribution in [0.1, 0.15) is 24.8 Å². The van der Waals surface area contributed by atoms with E-state index in [1.54, 1.807) is 6.20 Å². The average molecular weight is 347 g/mol. The molecule has 0 radical (unpaired) electrons. The Bertz CT molecular complexity index is 701. The summed E-state index contributed by atoms with van der Waals surface area (Å²) in [6, 6.07) is 9.93. The highest BCUT2D eigenvalue weighted by atomic mass is 35.5. The normalized spacial score (nSPS) is 27.7. The van der Waals surface area contributed by atoms with E-state index < -0.39 is 0 Å². The lowest BCUT2D eigenvalue weighted by Gasteiger charge is -2.27. The van der Waals surface area contributed by atoms with Crippen LogP contribution in [-0.4, -0.2) is 21.7 Å². The van der Waals surface area contributed by atoms with Crippen molar-refractivity contribution >= 4 is 18.3 Å². The largest absolute Gasteiger partial charge is 0.352 e. The highest BCUT2D eigenvalue weighted by Gasteiger charge is 2.48. The number of hydrogen-bond acceptors (Lipinski definition) is 3. The van der Waals surface area contributed by atoms with Crippen LogP contribution in [0, 0.1) is 17.8 Å². The second-order valence-corrected chi connectivity index (χ2v) is 6.73. The number of benzene rings is 1. The monoisotopic (exact) mass is 346 g/mol. The van der Waals surface area contributed by atoms with E-state index >= 15 is 0 Å². The van der Waals surface area contributed by atoms with Gasteiger partial charge in [-0.05, 0) is 48.8 Å². The van der Waals surface area contributed by atoms with Gasteiger partial charge in [0.2, 0.25) is 5.91 Å². The molecule has 1 heterocycles. The van der Waals surface area contributed by atoms with E-state index in [2.05, 4.69) is 10.4 Å². The Morgan fingerprint density at radius 1 is 1.25 bits per heavy atom. The van der Waals surface area contributed by atoms with Gasteiger partial charge in [-0.25, -0.2) is 4.68 Å². The van der Waals surface area contributed by atoms with E-state index in [0.717, 1.165) is 24.1 Å². The Balaban J connectivity index is 0.00000169. The summed E-state index contributed by atoms with van der Waals surface area (Å²) in [6.07, 6.45) is 7.14. The standard InChI is InChI=1S/C18H22N4O.ClH/c19-17-13-7-6-12(10-13)16(17)18(23)20-11-14-4-1-2-5-15(14)22-9-3-8-21-22;/h1-5,8-9,12-13,16-17H,6-7,10-11,19H2,(H,20,23);1H. The van der Waals surface area contributed by atoms with Crippen molar-refractivity contribution in [3.63, 3.8) is 0 Å². The van der Waals surface area contributed by atoms with E-state index in [-0.39, 0.29) is 30.3 Å². The molecular formula is C18H23ClN4O. The molecule has 0 aliphatic heterocycles. The van der Waals surface area contributed by atoms with Gasteiger partial charge < -0.3 is 11.1 Å². The summed E-state index contributed by atoms with van der Waals surface area (Å²) in [5.74, 6) is 1.13. The van der Waals surface area contributed by atoms with Crippen LogP contribution in [0.5, 0.6) is 0 Å². The third-order valence-corrected chi connectivity index (χ3v) is 5.48. The first kappa shape index (κ1) is 17.0. The zero-order chi connectivity index (χ0) is 15.8. The molecule has 1 aromatic heterocycles. The smallest absolute Gasteiger partial charge is 0.225 e. The number of para-hydroxylation sites is 1. The van der Waals surface area contributed by atoms with Crippen LogP contribution >= 0.6 is 12.4 Å². The molecule has 2 aliphatic carbocycles. The summed E-state index contributed by atoms with van der Waals surface area (Å²) in [4.78, 5) is 12.6. The van der Waals surface area contributed by atoms with Crippen LogP contribution in [0.3, 0.4) is 0 Å². The Labute approximate surface area is 148 Å². The summed E-state index contributed by atoms with van der Waals surface area (Å²) >= 11 is 0. The quantitative estimate of drug-likeness (QED) is 0.892. The SMILES string of the molecule is Cl.NC1C2CCC(C2)C1C(=O)NCc1ccccc1-n1cccn1. The first-order chi connectivity index (χ1) is 11.2. The molecular weight excluding hydrogens is 324 g/mol. The minimum Gasteiger partial charge on any atom is -0.352 e. The average Bonchev–Trinajstić information content (AvgIpc) is 3.30. The van der Waals surface area contributed by atoms with Gasteiger partial charge in [-0.2, -0.15) is 5.10 Å². The molecule has 2 bridgehead atoms. The van der Waals surface area contributed by atoms with Gasteiger partial charge in [0.15, 0.2) is 0 Å². The third-order valence-electron chi connectivity index (χ3n) is 5.48. The van der Waals surface area contributed by atoms with Gasteiger partial charge in [0.25, 0.3) is 0 Å². The molecule has 2 fully saturated rings. The molecule has 128 valence electrons. The number of carbonyl (C=O) groups is 1. The fraction of sp³-hybridized carbons (Fsp3) is 0.444. The number of aromatic nitrogens is 2. The molecule has 4 unspecified atom stereocenters. The van der Waals surface area contributed by atoms with Crippen molar-refractivity contribution in [2.45, 2.75) is 31.8 Å². The molecule has 4 atom stereocenters. The Morgan fingerprint density at radius 3 is 2.75 bits per heavy atom. The van der Waals surface area contributed by atoms with Gasteiger partial charge in [0.1, 0.15) is 0 Å². The van der Waals surface area contributed by atoms with Gasteiger partial charge in [-0.1, -0.05) is 18.2 Å². The molecule has 4 rings (SSSR count). The first-order valence-electron chi connectivity index (χ1n) is 8.35. The maximum Gasteiger partial charge on any atom is 0.225 e. The topological polar surface area (TPSA) is 72.9 Å². The number of carbonyl (C=O) groups excluding carboxylic acids is 1. The number of rotatable bonds is 4. The fourth-order valence-corrected chi connectivity index (χ4v) is 4.32. The highest BCUT2D eigenvalue weighted by molar-refractivity contribution is 5.85. The van der Waals surface area contributed by atoms with Crippen molar-refractivity contribution in [1.82, 2.24) is 15.1 Å². The maximum atomic E-state index is 12.6. The molecule has 5 nitrogen and oxygen atoms in total. The second-order valence-electron chi connectivity index (χ2n) is 6.73. The number of amides is 1. The number of hydrogen-bond donors (Lipinski definition) is 2. The lowest BCUT2D eigenvalue weighted by atomic mass is 9.84. The van der Waals surface area contributed by atoms with E-state index in [9.17, 15) is 4.79 Å². The summed E-state index contributed by atoms with van der Waals surface area (Å²) in [5, 5.41) is 7.38. The maximum absolute atomic E-state index is 12.6. The molecule has 2 saturated carbocycles. The van der Waals surface area contributed by atoms with Gasteiger partial charge in [0.05, 0.1) is 11.6 Å². The zero-order valence-electron chi connectivity index (χ0n) is 13.5. The van der Waals surface area contributed by atoms with Crippen molar-refractivity contribution in [3.05, 3.63) is 48.3 Å². The van der Waals surface area contributed by atoms with Crippen LogP contribution in [0.25, 0.3) is 5.69 Å². The minimum absolute atomic E-state index is 0. The van der Waals surface area contributed by atoms with E-state index in [0.29, 0.717) is 18.4 Å². The zero-order valence-corrected chi connectivity index (χ0v) is 14.3. The van der Waals surface area contributed by atoms with Gasteiger partial charge >= 0.3 is 0 Å². The van der Waals surface area contributed by atoms with E-state index in [4.69, 9.17) is 5.73 Å². The lowest BCUT2D eigenvalue weighted by molar-refractivity contribution is -0.127. The number of fused-ring (bicyclic) bond motifs is 2. The predicted octanol–water partition coefficient (Wildman–Crippen LogP) is 2.28. The van der Waals surface area contributed by atoms with Crippen molar-refractivity contribution in [2.24, 2.45) is 23.5 Å². The first-order valence-corrected chi connectivity index (χ1v) is 8.35. The molecule has 3 N–H and O–H groups in total. The molecule has 2 aliphatic rings. The van der Waals surface area contributed by atoms with Crippen molar-refractivity contribution < 1.29 is 4.79 Å². The molecule has 1 amide bonds. The van der Waals surface area contributed by atoms with Crippen LogP contribution in [-0.2, 0) is 11.3 Å². The van der Waals surface area contributed by atoms with Crippen molar-refractivity contribution in [1.29, 1.82) is 0 Å². The molecule has 0 spiro atoms. The van der Waals surface area contributed by atoms with Crippen LogP contribution in [0.4, 0.5) is 0 Å². The van der Waals surface area contributed by atoms with Gasteiger partial charge in [-0.3, -0.25) is 4.79 Å². The van der Waals surface area contributed by atoms with E-state index in [1.807, 2.05) is 41.2 Å². The Kier molecular flexibility index (Phi) is 4.92. The van der Waals surface area contributed by atoms with E-state index in [1.165, 1.54) is 6.42 Å². The minimum atomic E-state index is -0.00869. The van der Waals surface area contributed by atoms with Crippen LogP contribution in [0.15, 0.2) is 42.7 Å². The molecule has 24 heavy (non-hydrogen) atoms. The summed E-state index contributed by atoms with van der Waals surface area (Å²) in [5.41, 5.74) is 8.32. The number of halogens is 1. The molecule has 0 saturated heterocycles. The van der Waals surface area contributed by atoms with Gasteiger partial charge in [0, 0.05) is 25.0 Å². The summed E-state index contributed by atoms with van der Waals surface area (Å²) in [7, 11) is 0. The summed E-state index contributed by atoms with van der Waals surface area (Å²) in [6.45, 7) is 0.509. The van der Waals surface area contributed by atoms with Gasteiger partial charge in [-0.15, -0.1) is 12.4 Å². The van der Waals surface area contributed by atoms with Crippen LogP contribution in [0.2, 0.25) is 0 Å². The summed E-state index contributed by atoms with van der Waals surface area (Å²) < 4.78 is 1.82. The number of nitrogens with one attached hydrogen (secondary N) is 1. The molecule has 2 aromatic rings. The van der Waals surface area contributed by atoms with Crippen molar-refractivity contribution in [3.8, 4) is 5.69 Å². The third kappa shape index (κ3) is 2.94. The lowest BCUT2D eigenvalue weighted by Crippen LogP contribution is -2.45. The van der Waals surface area contributed by atoms with Crippen LogP contribution < -0.4 is 11.1 Å². The second kappa shape index (κ2) is 6.95. The molecule has 1 aromatic carbocycles.